The predicted octanol–water partition coefficient (Wildman–Crippen LogP) is 1.83. The lowest BCUT2D eigenvalue weighted by atomic mass is 10.2. The smallest absolute Gasteiger partial charge is 0.258 e. The zero-order valence-electron chi connectivity index (χ0n) is 16.0. The first-order valence-electron chi connectivity index (χ1n) is 9.38. The Balaban J connectivity index is 1.44. The van der Waals surface area contributed by atoms with Crippen LogP contribution in [0.15, 0.2) is 48.5 Å². The molecule has 0 saturated carbocycles. The van der Waals surface area contributed by atoms with Gasteiger partial charge in [-0.05, 0) is 23.8 Å². The zero-order chi connectivity index (χ0) is 20.6. The summed E-state index contributed by atoms with van der Waals surface area (Å²) in [6.07, 6.45) is -0.0897. The highest BCUT2D eigenvalue weighted by molar-refractivity contribution is 6.31. The van der Waals surface area contributed by atoms with Crippen molar-refractivity contribution in [2.24, 2.45) is 5.73 Å². The Morgan fingerprint density at radius 2 is 2.03 bits per heavy atom. The van der Waals surface area contributed by atoms with E-state index in [1.54, 1.807) is 6.07 Å². The van der Waals surface area contributed by atoms with Crippen molar-refractivity contribution in [3.63, 3.8) is 0 Å². The van der Waals surface area contributed by atoms with Crippen LogP contribution in [0.5, 0.6) is 5.75 Å². The Morgan fingerprint density at radius 1 is 1.24 bits per heavy atom. The van der Waals surface area contributed by atoms with Crippen molar-refractivity contribution in [1.82, 2.24) is 10.2 Å². The largest absolute Gasteiger partial charge is 0.483 e. The first-order valence-corrected chi connectivity index (χ1v) is 9.76. The highest BCUT2D eigenvalue weighted by atomic mass is 35.5. The Labute approximate surface area is 174 Å². The molecule has 29 heavy (non-hydrogen) atoms. The average molecular weight is 418 g/mol. The maximum atomic E-state index is 12.1. The number of halogens is 1. The average Bonchev–Trinajstić information content (AvgIpc) is 2.72. The number of amides is 2. The van der Waals surface area contributed by atoms with Crippen molar-refractivity contribution >= 4 is 23.4 Å². The van der Waals surface area contributed by atoms with E-state index >= 15 is 0 Å². The molecule has 1 saturated heterocycles. The van der Waals surface area contributed by atoms with Crippen LogP contribution in [0.25, 0.3) is 0 Å². The third kappa shape index (κ3) is 6.45. The predicted molar refractivity (Wildman–Crippen MR) is 110 cm³/mol. The number of hydrogen-bond donors (Lipinski definition) is 2. The van der Waals surface area contributed by atoms with E-state index in [0.29, 0.717) is 18.2 Å². The highest BCUT2D eigenvalue weighted by Crippen LogP contribution is 2.22. The topological polar surface area (TPSA) is 93.9 Å². The number of ether oxygens (including phenoxy) is 2. The molecule has 154 valence electrons. The summed E-state index contributed by atoms with van der Waals surface area (Å²) >= 11 is 5.86. The van der Waals surface area contributed by atoms with E-state index in [1.165, 1.54) is 17.7 Å². The minimum atomic E-state index is -0.669. The van der Waals surface area contributed by atoms with Gasteiger partial charge in [-0.1, -0.05) is 41.9 Å². The molecular weight excluding hydrogens is 394 g/mol. The molecule has 1 atom stereocenters. The van der Waals surface area contributed by atoms with Gasteiger partial charge in [0.05, 0.1) is 18.3 Å². The molecule has 1 heterocycles. The number of rotatable bonds is 8. The molecule has 3 rings (SSSR count). The lowest BCUT2D eigenvalue weighted by molar-refractivity contribution is -0.124. The zero-order valence-corrected chi connectivity index (χ0v) is 16.7. The lowest BCUT2D eigenvalue weighted by Gasteiger charge is -2.33. The Bertz CT molecular complexity index is 847. The second-order valence-electron chi connectivity index (χ2n) is 6.81. The maximum absolute atomic E-state index is 12.1. The number of carbonyl (C=O) groups is 2. The maximum Gasteiger partial charge on any atom is 0.258 e. The van der Waals surface area contributed by atoms with Gasteiger partial charge in [0, 0.05) is 31.2 Å². The highest BCUT2D eigenvalue weighted by Gasteiger charge is 2.21. The van der Waals surface area contributed by atoms with Gasteiger partial charge in [-0.15, -0.1) is 0 Å². The number of nitrogens with zero attached hydrogens (tertiary/aromatic N) is 1. The summed E-state index contributed by atoms with van der Waals surface area (Å²) in [5, 5.41) is 3.18. The summed E-state index contributed by atoms with van der Waals surface area (Å²) in [6.45, 7) is 3.22. The normalized spacial score (nSPS) is 16.9. The Kier molecular flexibility index (Phi) is 7.46. The molecule has 0 aliphatic carbocycles. The molecule has 3 N–H and O–H groups in total. The molecule has 2 amide bonds. The number of morpholine rings is 1. The monoisotopic (exact) mass is 417 g/mol. The van der Waals surface area contributed by atoms with Gasteiger partial charge >= 0.3 is 0 Å². The number of nitrogens with one attached hydrogen (secondary N) is 1. The summed E-state index contributed by atoms with van der Waals surface area (Å²) in [4.78, 5) is 25.9. The van der Waals surface area contributed by atoms with Gasteiger partial charge in [-0.25, -0.2) is 0 Å². The summed E-state index contributed by atoms with van der Waals surface area (Å²) < 4.78 is 11.2. The third-order valence-electron chi connectivity index (χ3n) is 4.56. The number of hydrogen-bond acceptors (Lipinski definition) is 5. The van der Waals surface area contributed by atoms with Gasteiger partial charge in [0.2, 0.25) is 0 Å². The fourth-order valence-corrected chi connectivity index (χ4v) is 3.30. The van der Waals surface area contributed by atoms with Crippen LogP contribution in [-0.4, -0.2) is 55.7 Å². The second-order valence-corrected chi connectivity index (χ2v) is 7.25. The molecule has 0 spiro atoms. The summed E-state index contributed by atoms with van der Waals surface area (Å²) in [6, 6.07) is 14.7. The SMILES string of the molecule is NC(=O)c1cc(Cl)ccc1OCC(=O)NC[C@H]1CN(Cc2ccccc2)CCO1. The van der Waals surface area contributed by atoms with Crippen molar-refractivity contribution < 1.29 is 19.1 Å². The fraction of sp³-hybridized carbons (Fsp3) is 0.333. The third-order valence-corrected chi connectivity index (χ3v) is 4.80. The van der Waals surface area contributed by atoms with Crippen LogP contribution in [-0.2, 0) is 16.1 Å². The first kappa shape index (κ1) is 21.1. The molecule has 1 aliphatic rings. The molecule has 1 aliphatic heterocycles. The Morgan fingerprint density at radius 3 is 2.79 bits per heavy atom. The van der Waals surface area contributed by atoms with E-state index < -0.39 is 5.91 Å². The standard InChI is InChI=1S/C21H24ClN3O4/c22-16-6-7-19(18(10-16)21(23)27)29-14-20(26)24-11-17-13-25(8-9-28-17)12-15-4-2-1-3-5-15/h1-7,10,17H,8-9,11-14H2,(H2,23,27)(H,24,26)/t17-/m0/s1. The molecule has 0 aromatic heterocycles. The van der Waals surface area contributed by atoms with Crippen molar-refractivity contribution in [1.29, 1.82) is 0 Å². The molecule has 7 nitrogen and oxygen atoms in total. The van der Waals surface area contributed by atoms with E-state index in [1.807, 2.05) is 18.2 Å². The minimum absolute atomic E-state index is 0.0897. The van der Waals surface area contributed by atoms with Crippen LogP contribution in [0.4, 0.5) is 0 Å². The van der Waals surface area contributed by atoms with Crippen molar-refractivity contribution in [2.75, 3.05) is 32.8 Å². The molecular formula is C21H24ClN3O4. The number of nitrogens with two attached hydrogens (primary N) is 1. The molecule has 0 unspecified atom stereocenters. The van der Waals surface area contributed by atoms with Gasteiger partial charge in [0.15, 0.2) is 6.61 Å². The number of benzene rings is 2. The quantitative estimate of drug-likeness (QED) is 0.683. The van der Waals surface area contributed by atoms with Crippen molar-refractivity contribution in [3.8, 4) is 5.75 Å². The Hall–Kier alpha value is -2.61. The van der Waals surface area contributed by atoms with Crippen molar-refractivity contribution in [3.05, 3.63) is 64.7 Å². The number of carbonyl (C=O) groups excluding carboxylic acids is 2. The van der Waals surface area contributed by atoms with Crippen LogP contribution in [0.2, 0.25) is 5.02 Å². The molecule has 2 aromatic rings. The van der Waals surface area contributed by atoms with E-state index in [2.05, 4.69) is 22.3 Å². The van der Waals surface area contributed by atoms with E-state index in [-0.39, 0.29) is 29.9 Å². The second kappa shape index (κ2) is 10.2. The van der Waals surface area contributed by atoms with Gasteiger partial charge in [-0.3, -0.25) is 14.5 Å². The van der Waals surface area contributed by atoms with E-state index in [4.69, 9.17) is 26.8 Å². The van der Waals surface area contributed by atoms with Crippen molar-refractivity contribution in [2.45, 2.75) is 12.6 Å². The number of primary amides is 1. The van der Waals surface area contributed by atoms with Crippen LogP contribution >= 0.6 is 11.6 Å². The summed E-state index contributed by atoms with van der Waals surface area (Å²) in [7, 11) is 0. The van der Waals surface area contributed by atoms with Gasteiger partial charge < -0.3 is 20.5 Å². The summed E-state index contributed by atoms with van der Waals surface area (Å²) in [5.41, 5.74) is 6.70. The van der Waals surface area contributed by atoms with Gasteiger partial charge in [0.1, 0.15) is 5.75 Å². The van der Waals surface area contributed by atoms with Gasteiger partial charge in [-0.2, -0.15) is 0 Å². The first-order chi connectivity index (χ1) is 14.0. The molecule has 0 radical (unpaired) electrons. The lowest BCUT2D eigenvalue weighted by Crippen LogP contribution is -2.47. The van der Waals surface area contributed by atoms with E-state index in [0.717, 1.165) is 19.6 Å². The van der Waals surface area contributed by atoms with Crippen LogP contribution < -0.4 is 15.8 Å². The molecule has 0 bridgehead atoms. The summed E-state index contributed by atoms with van der Waals surface area (Å²) in [5.74, 6) is -0.754. The van der Waals surface area contributed by atoms with E-state index in [9.17, 15) is 9.59 Å². The molecule has 1 fully saturated rings. The fourth-order valence-electron chi connectivity index (χ4n) is 3.13. The van der Waals surface area contributed by atoms with Crippen LogP contribution in [0, 0.1) is 0 Å². The molecule has 2 aromatic carbocycles. The van der Waals surface area contributed by atoms with Crippen LogP contribution in [0.1, 0.15) is 15.9 Å². The van der Waals surface area contributed by atoms with Gasteiger partial charge in [0.25, 0.3) is 11.8 Å². The minimum Gasteiger partial charge on any atom is -0.483 e. The molecule has 8 heteroatoms. The van der Waals surface area contributed by atoms with Crippen LogP contribution in [0.3, 0.4) is 0 Å².